The van der Waals surface area contributed by atoms with Crippen molar-refractivity contribution in [2.75, 3.05) is 42.9 Å². The second-order valence-electron chi connectivity index (χ2n) is 5.94. The topological polar surface area (TPSA) is 61.4 Å². The van der Waals surface area contributed by atoms with Crippen LogP contribution in [-0.2, 0) is 11.0 Å². The van der Waals surface area contributed by atoms with Gasteiger partial charge in [0.15, 0.2) is 0 Å². The molecule has 6 nitrogen and oxygen atoms in total. The Morgan fingerprint density at radius 1 is 1.08 bits per heavy atom. The summed E-state index contributed by atoms with van der Waals surface area (Å²) in [6, 6.07) is 6.37. The van der Waals surface area contributed by atoms with Crippen LogP contribution in [0.5, 0.6) is 0 Å². The standard InChI is InChI=1S/C17H18F3N5O/c18-17(19,20)13-3-1-4-14(11-13)23-15(26)12-24-7-9-25(10-8-24)16-21-5-2-6-22-16/h1-6,11H,7-10,12H2,(H,23,26). The summed E-state index contributed by atoms with van der Waals surface area (Å²) in [7, 11) is 0. The molecule has 1 saturated heterocycles. The normalized spacial score (nSPS) is 15.7. The number of anilines is 2. The molecule has 0 saturated carbocycles. The van der Waals surface area contributed by atoms with Gasteiger partial charge in [0.05, 0.1) is 12.1 Å². The maximum atomic E-state index is 12.7. The SMILES string of the molecule is O=C(CN1CCN(c2ncccn2)CC1)Nc1cccc(C(F)(F)F)c1. The quantitative estimate of drug-likeness (QED) is 0.901. The van der Waals surface area contributed by atoms with Crippen LogP contribution in [0.15, 0.2) is 42.7 Å². The van der Waals surface area contributed by atoms with E-state index in [2.05, 4.69) is 15.3 Å². The van der Waals surface area contributed by atoms with E-state index in [4.69, 9.17) is 0 Å². The van der Waals surface area contributed by atoms with Crippen molar-refractivity contribution in [2.45, 2.75) is 6.18 Å². The van der Waals surface area contributed by atoms with Crippen molar-refractivity contribution in [1.29, 1.82) is 0 Å². The van der Waals surface area contributed by atoms with E-state index in [1.54, 1.807) is 18.5 Å². The van der Waals surface area contributed by atoms with Gasteiger partial charge in [0.1, 0.15) is 0 Å². The molecule has 9 heteroatoms. The number of benzene rings is 1. The van der Waals surface area contributed by atoms with Crippen LogP contribution in [0, 0.1) is 0 Å². The van der Waals surface area contributed by atoms with Gasteiger partial charge in [-0.05, 0) is 24.3 Å². The lowest BCUT2D eigenvalue weighted by molar-refractivity contribution is -0.137. The highest BCUT2D eigenvalue weighted by Gasteiger charge is 2.30. The average molecular weight is 365 g/mol. The molecular formula is C17H18F3N5O. The molecule has 0 spiro atoms. The monoisotopic (exact) mass is 365 g/mol. The maximum absolute atomic E-state index is 12.7. The lowest BCUT2D eigenvalue weighted by Gasteiger charge is -2.34. The minimum absolute atomic E-state index is 0.125. The Kier molecular flexibility index (Phi) is 5.36. The highest BCUT2D eigenvalue weighted by molar-refractivity contribution is 5.92. The van der Waals surface area contributed by atoms with Gasteiger partial charge in [-0.1, -0.05) is 6.07 Å². The molecule has 138 valence electrons. The number of carbonyl (C=O) groups excluding carboxylic acids is 1. The summed E-state index contributed by atoms with van der Waals surface area (Å²) in [5.41, 5.74) is -0.645. The number of rotatable bonds is 4. The predicted molar refractivity (Wildman–Crippen MR) is 90.8 cm³/mol. The van der Waals surface area contributed by atoms with E-state index in [1.165, 1.54) is 12.1 Å². The van der Waals surface area contributed by atoms with Crippen LogP contribution in [0.3, 0.4) is 0 Å². The van der Waals surface area contributed by atoms with Gasteiger partial charge in [-0.3, -0.25) is 9.69 Å². The number of aromatic nitrogens is 2. The molecule has 1 aliphatic rings. The fourth-order valence-electron chi connectivity index (χ4n) is 2.74. The Balaban J connectivity index is 1.50. The van der Waals surface area contributed by atoms with Crippen molar-refractivity contribution in [3.8, 4) is 0 Å². The van der Waals surface area contributed by atoms with E-state index in [1.807, 2.05) is 9.80 Å². The number of halogens is 3. The van der Waals surface area contributed by atoms with E-state index in [0.29, 0.717) is 32.1 Å². The first kappa shape index (κ1) is 18.1. The molecule has 0 radical (unpaired) electrons. The Morgan fingerprint density at radius 3 is 2.42 bits per heavy atom. The minimum atomic E-state index is -4.43. The van der Waals surface area contributed by atoms with Gasteiger partial charge in [0.2, 0.25) is 11.9 Å². The zero-order valence-electron chi connectivity index (χ0n) is 13.9. The number of amides is 1. The van der Waals surface area contributed by atoms with Crippen molar-refractivity contribution in [3.63, 3.8) is 0 Å². The van der Waals surface area contributed by atoms with Crippen molar-refractivity contribution < 1.29 is 18.0 Å². The molecular weight excluding hydrogens is 347 g/mol. The van der Waals surface area contributed by atoms with Crippen LogP contribution >= 0.6 is 0 Å². The molecule has 0 unspecified atom stereocenters. The number of alkyl halides is 3. The molecule has 0 bridgehead atoms. The summed E-state index contributed by atoms with van der Waals surface area (Å²) in [6.07, 6.45) is -1.08. The third-order valence-electron chi connectivity index (χ3n) is 4.05. The second-order valence-corrected chi connectivity index (χ2v) is 5.94. The van der Waals surface area contributed by atoms with Gasteiger partial charge in [0, 0.05) is 44.3 Å². The number of hydrogen-bond donors (Lipinski definition) is 1. The Bertz CT molecular complexity index is 746. The first-order chi connectivity index (χ1) is 12.4. The number of carbonyl (C=O) groups is 1. The van der Waals surface area contributed by atoms with E-state index >= 15 is 0 Å². The third kappa shape index (κ3) is 4.69. The summed E-state index contributed by atoms with van der Waals surface area (Å²) in [5, 5.41) is 2.53. The predicted octanol–water partition coefficient (Wildman–Crippen LogP) is 2.26. The average Bonchev–Trinajstić information content (AvgIpc) is 2.62. The van der Waals surface area contributed by atoms with Crippen LogP contribution in [-0.4, -0.2) is 53.5 Å². The molecule has 2 aromatic rings. The zero-order valence-corrected chi connectivity index (χ0v) is 13.9. The molecule has 0 aliphatic carbocycles. The summed E-state index contributed by atoms with van der Waals surface area (Å²) < 4.78 is 38.2. The van der Waals surface area contributed by atoms with Crippen molar-refractivity contribution in [1.82, 2.24) is 14.9 Å². The first-order valence-electron chi connectivity index (χ1n) is 8.13. The van der Waals surface area contributed by atoms with E-state index in [0.717, 1.165) is 12.1 Å². The zero-order chi connectivity index (χ0) is 18.6. The molecule has 1 amide bonds. The van der Waals surface area contributed by atoms with Crippen LogP contribution in [0.4, 0.5) is 24.8 Å². The first-order valence-corrected chi connectivity index (χ1v) is 8.13. The van der Waals surface area contributed by atoms with Gasteiger partial charge in [0.25, 0.3) is 0 Å². The van der Waals surface area contributed by atoms with Crippen molar-refractivity contribution in [3.05, 3.63) is 48.3 Å². The molecule has 1 N–H and O–H groups in total. The van der Waals surface area contributed by atoms with Gasteiger partial charge in [-0.2, -0.15) is 13.2 Å². The van der Waals surface area contributed by atoms with E-state index in [9.17, 15) is 18.0 Å². The summed E-state index contributed by atoms with van der Waals surface area (Å²) in [4.78, 5) is 24.5. The highest BCUT2D eigenvalue weighted by atomic mass is 19.4. The van der Waals surface area contributed by atoms with Gasteiger partial charge < -0.3 is 10.2 Å². The smallest absolute Gasteiger partial charge is 0.338 e. The van der Waals surface area contributed by atoms with Gasteiger partial charge >= 0.3 is 6.18 Å². The highest BCUT2D eigenvalue weighted by Crippen LogP contribution is 2.30. The number of hydrogen-bond acceptors (Lipinski definition) is 5. The number of nitrogens with zero attached hydrogens (tertiary/aromatic N) is 4. The fraction of sp³-hybridized carbons (Fsp3) is 0.353. The lowest BCUT2D eigenvalue weighted by atomic mass is 10.2. The largest absolute Gasteiger partial charge is 0.416 e. The van der Waals surface area contributed by atoms with Crippen molar-refractivity contribution >= 4 is 17.5 Å². The van der Waals surface area contributed by atoms with Crippen LogP contribution < -0.4 is 10.2 Å². The molecule has 1 aliphatic heterocycles. The fourth-order valence-corrected chi connectivity index (χ4v) is 2.74. The lowest BCUT2D eigenvalue weighted by Crippen LogP contribution is -2.49. The Labute approximate surface area is 148 Å². The number of piperazine rings is 1. The molecule has 1 fully saturated rings. The Hall–Kier alpha value is -2.68. The van der Waals surface area contributed by atoms with Gasteiger partial charge in [-0.15, -0.1) is 0 Å². The molecule has 1 aromatic heterocycles. The number of nitrogens with one attached hydrogen (secondary N) is 1. The second kappa shape index (κ2) is 7.69. The van der Waals surface area contributed by atoms with Crippen LogP contribution in [0.1, 0.15) is 5.56 Å². The van der Waals surface area contributed by atoms with E-state index in [-0.39, 0.29) is 18.1 Å². The third-order valence-corrected chi connectivity index (χ3v) is 4.05. The maximum Gasteiger partial charge on any atom is 0.416 e. The molecule has 1 aromatic carbocycles. The minimum Gasteiger partial charge on any atom is -0.338 e. The molecule has 26 heavy (non-hydrogen) atoms. The van der Waals surface area contributed by atoms with Gasteiger partial charge in [-0.25, -0.2) is 9.97 Å². The van der Waals surface area contributed by atoms with Crippen molar-refractivity contribution in [2.24, 2.45) is 0 Å². The molecule has 2 heterocycles. The summed E-state index contributed by atoms with van der Waals surface area (Å²) in [6.45, 7) is 2.78. The summed E-state index contributed by atoms with van der Waals surface area (Å²) >= 11 is 0. The molecule has 3 rings (SSSR count). The summed E-state index contributed by atoms with van der Waals surface area (Å²) in [5.74, 6) is 0.314. The van der Waals surface area contributed by atoms with Crippen LogP contribution in [0.2, 0.25) is 0 Å². The molecule has 0 atom stereocenters. The van der Waals surface area contributed by atoms with Crippen LogP contribution in [0.25, 0.3) is 0 Å². The Morgan fingerprint density at radius 2 is 1.77 bits per heavy atom. The van der Waals surface area contributed by atoms with E-state index < -0.39 is 11.7 Å².